The molecule has 1 radical (unpaired) electrons. The van der Waals surface area contributed by atoms with E-state index >= 15 is 0 Å². The van der Waals surface area contributed by atoms with Gasteiger partial charge in [-0.15, -0.1) is 0 Å². The van der Waals surface area contributed by atoms with Crippen LogP contribution in [0.2, 0.25) is 0 Å². The largest absolute Gasteiger partial charge is 2.00 e. The van der Waals surface area contributed by atoms with Crippen LogP contribution in [0.4, 0.5) is 4.79 Å². The molecule has 6 nitrogen and oxygen atoms in total. The van der Waals surface area contributed by atoms with Gasteiger partial charge in [0.15, 0.2) is 0 Å². The number of carboxylic acid groups (broad SMARTS) is 2. The van der Waals surface area contributed by atoms with Crippen molar-refractivity contribution >= 4 is 6.16 Å². The van der Waals surface area contributed by atoms with Crippen molar-refractivity contribution < 1.29 is 48.2 Å². The van der Waals surface area contributed by atoms with E-state index in [-0.39, 0.29) is 33.2 Å². The fourth-order valence-corrected chi connectivity index (χ4v) is 0. The molecule has 8 heavy (non-hydrogen) atoms. The maximum Gasteiger partial charge on any atom is 2.00 e. The molecule has 0 aromatic rings. The van der Waals surface area contributed by atoms with E-state index in [4.69, 9.17) is 15.0 Å². The molecule has 0 saturated heterocycles. The SMILES string of the molecule is O.O.O.O=C([O-])[O-].[Co+2]. The smallest absolute Gasteiger partial charge is 0.652 e. The molecule has 0 saturated carbocycles. The molecule has 55 valence electrons. The molecule has 0 aromatic heterocycles. The van der Waals surface area contributed by atoms with E-state index in [0.29, 0.717) is 0 Å². The van der Waals surface area contributed by atoms with Crippen LogP contribution in [0.25, 0.3) is 0 Å². The van der Waals surface area contributed by atoms with E-state index in [1.807, 2.05) is 0 Å². The summed E-state index contributed by atoms with van der Waals surface area (Å²) in [6, 6.07) is 0. The minimum absolute atomic E-state index is 0. The van der Waals surface area contributed by atoms with Gasteiger partial charge in [0.2, 0.25) is 0 Å². The van der Waals surface area contributed by atoms with Crippen molar-refractivity contribution in [1.29, 1.82) is 0 Å². The molecule has 0 amide bonds. The molecule has 0 aromatic carbocycles. The van der Waals surface area contributed by atoms with Gasteiger partial charge in [0.05, 0.1) is 0 Å². The third-order valence-electron chi connectivity index (χ3n) is 0. The summed E-state index contributed by atoms with van der Waals surface area (Å²) in [7, 11) is 0. The van der Waals surface area contributed by atoms with Gasteiger partial charge in [-0.2, -0.15) is 0 Å². The van der Waals surface area contributed by atoms with Crippen LogP contribution < -0.4 is 10.2 Å². The molecule has 0 heterocycles. The second-order valence-corrected chi connectivity index (χ2v) is 0.250. The fourth-order valence-electron chi connectivity index (χ4n) is 0. The first-order chi connectivity index (χ1) is 1.73. The maximum atomic E-state index is 8.33. The summed E-state index contributed by atoms with van der Waals surface area (Å²) in [4.78, 5) is 8.33. The van der Waals surface area contributed by atoms with Gasteiger partial charge in [0.25, 0.3) is 0 Å². The number of hydrogen-bond donors (Lipinski definition) is 0. The first kappa shape index (κ1) is 48.1. The summed E-state index contributed by atoms with van der Waals surface area (Å²) in [5.41, 5.74) is 0. The van der Waals surface area contributed by atoms with Crippen LogP contribution in [0.5, 0.6) is 0 Å². The van der Waals surface area contributed by atoms with E-state index in [0.717, 1.165) is 0 Å². The molecular formula is CH6CoO6. The quantitative estimate of drug-likeness (QED) is 0.359. The summed E-state index contributed by atoms with van der Waals surface area (Å²) in [6.07, 6.45) is -2.33. The molecule has 0 spiro atoms. The fraction of sp³-hybridized carbons (Fsp3) is 0. The summed E-state index contributed by atoms with van der Waals surface area (Å²) >= 11 is 0. The Morgan fingerprint density at radius 3 is 1.00 bits per heavy atom. The Morgan fingerprint density at radius 1 is 1.00 bits per heavy atom. The molecule has 0 bridgehead atoms. The topological polar surface area (TPSA) is 158 Å². The van der Waals surface area contributed by atoms with Gasteiger partial charge >= 0.3 is 16.8 Å². The minimum Gasteiger partial charge on any atom is -0.652 e. The van der Waals surface area contributed by atoms with Crippen LogP contribution in [0.1, 0.15) is 0 Å². The molecule has 6 N–H and O–H groups in total. The van der Waals surface area contributed by atoms with Crippen molar-refractivity contribution in [3.63, 3.8) is 0 Å². The summed E-state index contributed by atoms with van der Waals surface area (Å²) in [5, 5.41) is 16.7. The molecular weight excluding hydrogens is 167 g/mol. The minimum atomic E-state index is -2.33. The van der Waals surface area contributed by atoms with Crippen LogP contribution >= 0.6 is 0 Å². The van der Waals surface area contributed by atoms with Gasteiger partial charge < -0.3 is 31.4 Å². The van der Waals surface area contributed by atoms with Crippen molar-refractivity contribution in [2.45, 2.75) is 0 Å². The number of carbonyl (C=O) groups excluding carboxylic acids is 1. The van der Waals surface area contributed by atoms with Crippen LogP contribution in [0.3, 0.4) is 0 Å². The van der Waals surface area contributed by atoms with Gasteiger partial charge in [-0.05, 0) is 6.16 Å². The Bertz CT molecular complexity index is 31.5. The Labute approximate surface area is 55.3 Å². The van der Waals surface area contributed by atoms with Gasteiger partial charge in [-0.3, -0.25) is 0 Å². The predicted molar refractivity (Wildman–Crippen MR) is 16.2 cm³/mol. The van der Waals surface area contributed by atoms with Crippen LogP contribution in [0, 0.1) is 0 Å². The Kier molecular flexibility index (Phi) is 181. The Morgan fingerprint density at radius 2 is 1.00 bits per heavy atom. The zero-order chi connectivity index (χ0) is 3.58. The van der Waals surface area contributed by atoms with Crippen molar-refractivity contribution in [2.75, 3.05) is 0 Å². The van der Waals surface area contributed by atoms with E-state index in [2.05, 4.69) is 0 Å². The third-order valence-corrected chi connectivity index (χ3v) is 0. The number of carbonyl (C=O) groups is 1. The molecule has 0 aliphatic heterocycles. The van der Waals surface area contributed by atoms with Crippen molar-refractivity contribution in [1.82, 2.24) is 0 Å². The number of rotatable bonds is 0. The van der Waals surface area contributed by atoms with E-state index in [9.17, 15) is 0 Å². The van der Waals surface area contributed by atoms with Crippen LogP contribution in [-0.4, -0.2) is 22.6 Å². The zero-order valence-corrected chi connectivity index (χ0v) is 4.60. The van der Waals surface area contributed by atoms with E-state index < -0.39 is 6.16 Å². The van der Waals surface area contributed by atoms with Crippen LogP contribution in [-0.2, 0) is 16.8 Å². The van der Waals surface area contributed by atoms with Crippen LogP contribution in [0.15, 0.2) is 0 Å². The van der Waals surface area contributed by atoms with E-state index in [1.165, 1.54) is 0 Å². The van der Waals surface area contributed by atoms with E-state index in [1.54, 1.807) is 0 Å². The summed E-state index contributed by atoms with van der Waals surface area (Å²) < 4.78 is 0. The molecule has 0 atom stereocenters. The molecule has 7 heteroatoms. The second kappa shape index (κ2) is 30.2. The average molecular weight is 173 g/mol. The summed E-state index contributed by atoms with van der Waals surface area (Å²) in [5.74, 6) is 0. The van der Waals surface area contributed by atoms with Gasteiger partial charge in [-0.25, -0.2) is 0 Å². The molecule has 0 fully saturated rings. The van der Waals surface area contributed by atoms with Gasteiger partial charge in [0, 0.05) is 0 Å². The third kappa shape index (κ3) is 1040. The predicted octanol–water partition coefficient (Wildman–Crippen LogP) is -4.92. The molecule has 0 aliphatic carbocycles. The molecule has 0 unspecified atom stereocenters. The zero-order valence-electron chi connectivity index (χ0n) is 3.56. The molecule has 0 aliphatic rings. The molecule has 0 rings (SSSR count). The van der Waals surface area contributed by atoms with Gasteiger partial charge in [0.1, 0.15) is 0 Å². The van der Waals surface area contributed by atoms with Crippen molar-refractivity contribution in [3.8, 4) is 0 Å². The first-order valence-corrected chi connectivity index (χ1v) is 0.612. The standard InChI is InChI=1S/CH2O3.Co.3H2O/c2-1(3)4;;;;/h(H2,2,3,4);;3*1H2/q;+2;;;/p-2. The normalized spacial score (nSPS) is 3.00. The maximum absolute atomic E-state index is 8.33. The van der Waals surface area contributed by atoms with Crippen molar-refractivity contribution in [3.05, 3.63) is 0 Å². The summed E-state index contributed by atoms with van der Waals surface area (Å²) in [6.45, 7) is 0. The number of hydrogen-bond acceptors (Lipinski definition) is 3. The second-order valence-electron chi connectivity index (χ2n) is 0.250. The first-order valence-electron chi connectivity index (χ1n) is 0.612. The van der Waals surface area contributed by atoms with Gasteiger partial charge in [-0.1, -0.05) is 0 Å². The van der Waals surface area contributed by atoms with Crippen molar-refractivity contribution in [2.24, 2.45) is 0 Å². The monoisotopic (exact) mass is 173 g/mol. The Balaban J connectivity index is -0.00000000750. The Hall–Kier alpha value is -0.344. The average Bonchev–Trinajstić information content (AvgIpc) is 0.811.